The van der Waals surface area contributed by atoms with Crippen LogP contribution in [0.3, 0.4) is 0 Å². The Morgan fingerprint density at radius 2 is 2.05 bits per heavy atom. The van der Waals surface area contributed by atoms with Gasteiger partial charge in [-0.2, -0.15) is 0 Å². The molecule has 1 aromatic carbocycles. The Bertz CT molecular complexity index is 517. The Balaban J connectivity index is 2.00. The normalized spacial score (nSPS) is 10.4. The van der Waals surface area contributed by atoms with Gasteiger partial charge in [-0.15, -0.1) is 0 Å². The zero-order chi connectivity index (χ0) is 13.5. The average Bonchev–Trinajstić information content (AvgIpc) is 2.46. The second-order valence-corrected chi connectivity index (χ2v) is 4.58. The number of benzene rings is 1. The highest BCUT2D eigenvalue weighted by atomic mass is 35.5. The average molecular weight is 277 g/mol. The van der Waals surface area contributed by atoms with E-state index in [1.807, 2.05) is 36.4 Å². The Morgan fingerprint density at radius 3 is 2.79 bits per heavy atom. The predicted octanol–water partition coefficient (Wildman–Crippen LogP) is 3.42. The number of nitrogens with zero attached hydrogens (tertiary/aromatic N) is 1. The van der Waals surface area contributed by atoms with Gasteiger partial charge in [-0.3, -0.25) is 0 Å². The number of nitrogens with one attached hydrogen (secondary N) is 1. The van der Waals surface area contributed by atoms with Gasteiger partial charge in [0.15, 0.2) is 0 Å². The third kappa shape index (κ3) is 4.23. The van der Waals surface area contributed by atoms with Gasteiger partial charge >= 0.3 is 0 Å². The standard InChI is InChI=1S/C15H17ClN2O/c1-2-17-9-13-8-15(18-10-14(13)16)19-11-12-6-4-3-5-7-12/h3-8,10,17H,2,9,11H2,1H3. The molecule has 0 saturated heterocycles. The molecular weight excluding hydrogens is 260 g/mol. The molecule has 0 atom stereocenters. The maximum absolute atomic E-state index is 6.09. The molecule has 0 fully saturated rings. The van der Waals surface area contributed by atoms with Gasteiger partial charge in [-0.25, -0.2) is 4.98 Å². The monoisotopic (exact) mass is 276 g/mol. The summed E-state index contributed by atoms with van der Waals surface area (Å²) in [5, 5.41) is 3.90. The van der Waals surface area contributed by atoms with Crippen LogP contribution in [0.25, 0.3) is 0 Å². The van der Waals surface area contributed by atoms with Crippen LogP contribution in [0, 0.1) is 0 Å². The lowest BCUT2D eigenvalue weighted by molar-refractivity contribution is 0.293. The van der Waals surface area contributed by atoms with Gasteiger partial charge in [0, 0.05) is 18.8 Å². The van der Waals surface area contributed by atoms with Crippen molar-refractivity contribution in [1.82, 2.24) is 10.3 Å². The predicted molar refractivity (Wildman–Crippen MR) is 77.4 cm³/mol. The topological polar surface area (TPSA) is 34.1 Å². The molecule has 1 N–H and O–H groups in total. The molecule has 0 unspecified atom stereocenters. The number of hydrogen-bond acceptors (Lipinski definition) is 3. The van der Waals surface area contributed by atoms with Crippen molar-refractivity contribution in [2.24, 2.45) is 0 Å². The molecule has 1 aromatic heterocycles. The van der Waals surface area contributed by atoms with E-state index >= 15 is 0 Å². The third-order valence-electron chi connectivity index (χ3n) is 2.70. The smallest absolute Gasteiger partial charge is 0.213 e. The molecule has 0 saturated carbocycles. The van der Waals surface area contributed by atoms with Crippen molar-refractivity contribution in [3.05, 3.63) is 58.7 Å². The van der Waals surface area contributed by atoms with Crippen LogP contribution in [0.1, 0.15) is 18.1 Å². The Labute approximate surface area is 118 Å². The Hall–Kier alpha value is -1.58. The van der Waals surface area contributed by atoms with E-state index in [-0.39, 0.29) is 0 Å². The van der Waals surface area contributed by atoms with E-state index in [9.17, 15) is 0 Å². The minimum absolute atomic E-state index is 0.510. The lowest BCUT2D eigenvalue weighted by Crippen LogP contribution is -2.12. The molecule has 19 heavy (non-hydrogen) atoms. The highest BCUT2D eigenvalue weighted by molar-refractivity contribution is 6.31. The van der Waals surface area contributed by atoms with Crippen LogP contribution in [-0.4, -0.2) is 11.5 Å². The molecular formula is C15H17ClN2O. The number of rotatable bonds is 6. The van der Waals surface area contributed by atoms with Gasteiger partial charge < -0.3 is 10.1 Å². The maximum Gasteiger partial charge on any atom is 0.213 e. The largest absolute Gasteiger partial charge is 0.473 e. The maximum atomic E-state index is 6.09. The molecule has 0 aliphatic heterocycles. The molecule has 0 amide bonds. The van der Waals surface area contributed by atoms with Crippen LogP contribution >= 0.6 is 11.6 Å². The van der Waals surface area contributed by atoms with Crippen molar-refractivity contribution in [2.45, 2.75) is 20.1 Å². The first kappa shape index (κ1) is 13.8. The summed E-state index contributed by atoms with van der Waals surface area (Å²) < 4.78 is 5.67. The Kier molecular flexibility index (Phi) is 5.19. The molecule has 0 bridgehead atoms. The van der Waals surface area contributed by atoms with Crippen molar-refractivity contribution < 1.29 is 4.74 Å². The SMILES string of the molecule is CCNCc1cc(OCc2ccccc2)ncc1Cl. The molecule has 1 heterocycles. The fourth-order valence-corrected chi connectivity index (χ4v) is 1.83. The van der Waals surface area contributed by atoms with Gasteiger partial charge in [0.05, 0.1) is 5.02 Å². The lowest BCUT2D eigenvalue weighted by atomic mass is 10.2. The summed E-state index contributed by atoms with van der Waals surface area (Å²) in [7, 11) is 0. The van der Waals surface area contributed by atoms with Crippen LogP contribution in [0.4, 0.5) is 0 Å². The van der Waals surface area contributed by atoms with E-state index in [4.69, 9.17) is 16.3 Å². The summed E-state index contributed by atoms with van der Waals surface area (Å²) in [5.74, 6) is 0.598. The van der Waals surface area contributed by atoms with Crippen LogP contribution in [0.15, 0.2) is 42.6 Å². The van der Waals surface area contributed by atoms with Gasteiger partial charge in [0.1, 0.15) is 6.61 Å². The van der Waals surface area contributed by atoms with E-state index in [1.165, 1.54) is 0 Å². The fraction of sp³-hybridized carbons (Fsp3) is 0.267. The molecule has 2 rings (SSSR count). The molecule has 100 valence electrons. The van der Waals surface area contributed by atoms with Gasteiger partial charge in [-0.05, 0) is 17.7 Å². The lowest BCUT2D eigenvalue weighted by Gasteiger charge is -2.09. The molecule has 0 radical (unpaired) electrons. The highest BCUT2D eigenvalue weighted by Gasteiger charge is 2.04. The number of hydrogen-bond donors (Lipinski definition) is 1. The van der Waals surface area contributed by atoms with Crippen molar-refractivity contribution >= 4 is 11.6 Å². The van der Waals surface area contributed by atoms with Crippen LogP contribution < -0.4 is 10.1 Å². The summed E-state index contributed by atoms with van der Waals surface area (Å²) in [6.45, 7) is 4.19. The van der Waals surface area contributed by atoms with Crippen molar-refractivity contribution in [1.29, 1.82) is 0 Å². The molecule has 0 spiro atoms. The van der Waals surface area contributed by atoms with Crippen molar-refractivity contribution in [3.8, 4) is 5.88 Å². The van der Waals surface area contributed by atoms with E-state index in [2.05, 4.69) is 17.2 Å². The minimum atomic E-state index is 0.510. The fourth-order valence-electron chi connectivity index (χ4n) is 1.66. The summed E-state index contributed by atoms with van der Waals surface area (Å²) in [6, 6.07) is 11.9. The molecule has 0 aliphatic rings. The summed E-state index contributed by atoms with van der Waals surface area (Å²) in [6.07, 6.45) is 1.63. The molecule has 4 heteroatoms. The molecule has 2 aromatic rings. The Morgan fingerprint density at radius 1 is 1.26 bits per heavy atom. The van der Waals surface area contributed by atoms with Gasteiger partial charge in [0.25, 0.3) is 0 Å². The van der Waals surface area contributed by atoms with E-state index in [1.54, 1.807) is 6.20 Å². The first-order valence-electron chi connectivity index (χ1n) is 6.31. The van der Waals surface area contributed by atoms with E-state index in [0.717, 1.165) is 24.2 Å². The summed E-state index contributed by atoms with van der Waals surface area (Å²) >= 11 is 6.09. The quantitative estimate of drug-likeness (QED) is 0.878. The zero-order valence-electron chi connectivity index (χ0n) is 10.9. The molecule has 0 aliphatic carbocycles. The van der Waals surface area contributed by atoms with E-state index in [0.29, 0.717) is 17.5 Å². The van der Waals surface area contributed by atoms with Crippen LogP contribution in [0.5, 0.6) is 5.88 Å². The third-order valence-corrected chi connectivity index (χ3v) is 3.04. The molecule has 3 nitrogen and oxygen atoms in total. The second kappa shape index (κ2) is 7.12. The summed E-state index contributed by atoms with van der Waals surface area (Å²) in [5.41, 5.74) is 2.12. The first-order chi connectivity index (χ1) is 9.29. The van der Waals surface area contributed by atoms with Crippen LogP contribution in [-0.2, 0) is 13.2 Å². The number of aromatic nitrogens is 1. The second-order valence-electron chi connectivity index (χ2n) is 4.17. The first-order valence-corrected chi connectivity index (χ1v) is 6.69. The van der Waals surface area contributed by atoms with Crippen LogP contribution in [0.2, 0.25) is 5.02 Å². The minimum Gasteiger partial charge on any atom is -0.473 e. The van der Waals surface area contributed by atoms with Crippen molar-refractivity contribution in [3.63, 3.8) is 0 Å². The van der Waals surface area contributed by atoms with Gasteiger partial charge in [-0.1, -0.05) is 48.9 Å². The zero-order valence-corrected chi connectivity index (χ0v) is 11.7. The van der Waals surface area contributed by atoms with Crippen molar-refractivity contribution in [2.75, 3.05) is 6.54 Å². The number of halogens is 1. The van der Waals surface area contributed by atoms with E-state index < -0.39 is 0 Å². The highest BCUT2D eigenvalue weighted by Crippen LogP contribution is 2.19. The number of pyridine rings is 1. The van der Waals surface area contributed by atoms with Gasteiger partial charge in [0.2, 0.25) is 5.88 Å². The summed E-state index contributed by atoms with van der Waals surface area (Å²) in [4.78, 5) is 4.18. The number of ether oxygens (including phenoxy) is 1.